The van der Waals surface area contributed by atoms with E-state index in [1.807, 2.05) is 30.3 Å². The quantitative estimate of drug-likeness (QED) is 0.165. The van der Waals surface area contributed by atoms with Crippen molar-refractivity contribution in [2.45, 2.75) is 24.9 Å². The van der Waals surface area contributed by atoms with Crippen LogP contribution in [0.5, 0.6) is 0 Å². The van der Waals surface area contributed by atoms with Crippen molar-refractivity contribution in [2.75, 3.05) is 18.4 Å². The second-order valence-corrected chi connectivity index (χ2v) is 10.5. The fraction of sp³-hybridized carbons (Fsp3) is 0.176. The number of carboxylic acids is 1. The van der Waals surface area contributed by atoms with Crippen molar-refractivity contribution in [3.8, 4) is 11.3 Å². The van der Waals surface area contributed by atoms with Crippen LogP contribution in [0.15, 0.2) is 109 Å². The van der Waals surface area contributed by atoms with Crippen LogP contribution in [0.4, 0.5) is 41.2 Å². The summed E-state index contributed by atoms with van der Waals surface area (Å²) in [7, 11) is 0. The Kier molecular flexibility index (Phi) is 11.4. The molecule has 2 N–H and O–H groups in total. The molecule has 3 amide bonds. The highest BCUT2D eigenvalue weighted by atomic mass is 19.4. The molecule has 1 atom stereocenters. The van der Waals surface area contributed by atoms with Gasteiger partial charge in [-0.2, -0.15) is 26.3 Å². The van der Waals surface area contributed by atoms with E-state index in [0.29, 0.717) is 16.9 Å². The smallest absolute Gasteiger partial charge is 0.475 e. The summed E-state index contributed by atoms with van der Waals surface area (Å²) in [4.78, 5) is 43.0. The van der Waals surface area contributed by atoms with E-state index in [-0.39, 0.29) is 18.7 Å². The SMILES string of the molecule is O=C(Nc1cccnc1-c1ccccc1)N1C/C=C\[C@H](c2ccccc2C(F)(F)F)N(Cc2ccc(F)cc2)C(=O)C1.O=C(O)C(F)(F)F. The molecule has 15 heteroatoms. The number of rotatable bonds is 5. The fourth-order valence-electron chi connectivity index (χ4n) is 4.83. The second-order valence-electron chi connectivity index (χ2n) is 10.5. The number of carbonyl (C=O) groups excluding carboxylic acids is 2. The average molecular weight is 689 g/mol. The van der Waals surface area contributed by atoms with E-state index in [1.54, 1.807) is 24.4 Å². The second kappa shape index (κ2) is 15.4. The summed E-state index contributed by atoms with van der Waals surface area (Å²) >= 11 is 0. The zero-order valence-corrected chi connectivity index (χ0v) is 25.3. The van der Waals surface area contributed by atoms with E-state index < -0.39 is 54.2 Å². The Morgan fingerprint density at radius 2 is 1.51 bits per heavy atom. The van der Waals surface area contributed by atoms with Crippen molar-refractivity contribution >= 4 is 23.6 Å². The molecule has 0 unspecified atom stereocenters. The molecule has 0 saturated heterocycles. The highest BCUT2D eigenvalue weighted by Crippen LogP contribution is 2.38. The molecule has 1 aromatic heterocycles. The number of amides is 3. The predicted molar refractivity (Wildman–Crippen MR) is 164 cm³/mol. The number of carbonyl (C=O) groups is 3. The topological polar surface area (TPSA) is 103 Å². The van der Waals surface area contributed by atoms with Crippen molar-refractivity contribution in [2.24, 2.45) is 0 Å². The van der Waals surface area contributed by atoms with Gasteiger partial charge in [-0.15, -0.1) is 0 Å². The van der Waals surface area contributed by atoms with E-state index in [4.69, 9.17) is 9.90 Å². The van der Waals surface area contributed by atoms with Gasteiger partial charge < -0.3 is 20.2 Å². The normalized spacial score (nSPS) is 15.7. The number of aliphatic carboxylic acids is 1. The Morgan fingerprint density at radius 3 is 2.14 bits per heavy atom. The van der Waals surface area contributed by atoms with Crippen molar-refractivity contribution in [1.29, 1.82) is 0 Å². The number of nitrogens with one attached hydrogen (secondary N) is 1. The molecule has 0 radical (unpaired) electrons. The van der Waals surface area contributed by atoms with Crippen LogP contribution >= 0.6 is 0 Å². The zero-order chi connectivity index (χ0) is 35.8. The largest absolute Gasteiger partial charge is 0.490 e. The molecule has 0 fully saturated rings. The van der Waals surface area contributed by atoms with Gasteiger partial charge in [-0.1, -0.05) is 72.8 Å². The summed E-state index contributed by atoms with van der Waals surface area (Å²) in [5, 5.41) is 9.94. The summed E-state index contributed by atoms with van der Waals surface area (Å²) in [5.74, 6) is -3.81. The molecule has 2 heterocycles. The molecule has 3 aromatic carbocycles. The van der Waals surface area contributed by atoms with Crippen LogP contribution in [-0.2, 0) is 22.3 Å². The summed E-state index contributed by atoms with van der Waals surface area (Å²) in [6.45, 7) is -0.521. The van der Waals surface area contributed by atoms with Crippen molar-refractivity contribution in [1.82, 2.24) is 14.8 Å². The number of pyridine rings is 1. The third-order valence-corrected chi connectivity index (χ3v) is 7.10. The van der Waals surface area contributed by atoms with Crippen LogP contribution in [0.25, 0.3) is 11.3 Å². The first-order valence-electron chi connectivity index (χ1n) is 14.4. The number of alkyl halides is 6. The summed E-state index contributed by atoms with van der Waals surface area (Å²) in [6, 6.07) is 21.4. The zero-order valence-electron chi connectivity index (χ0n) is 25.3. The number of hydrogen-bond donors (Lipinski definition) is 2. The molecular formula is C34H27F7N4O4. The molecule has 1 aliphatic heterocycles. The highest BCUT2D eigenvalue weighted by Gasteiger charge is 2.39. The Hall–Kier alpha value is -5.73. The first-order valence-corrected chi connectivity index (χ1v) is 14.4. The molecule has 256 valence electrons. The van der Waals surface area contributed by atoms with Crippen LogP contribution < -0.4 is 5.32 Å². The first kappa shape index (κ1) is 36.1. The average Bonchev–Trinajstić information content (AvgIpc) is 3.05. The number of urea groups is 1. The number of benzene rings is 3. The van der Waals surface area contributed by atoms with Gasteiger partial charge in [0.05, 0.1) is 23.0 Å². The minimum Gasteiger partial charge on any atom is -0.475 e. The maximum Gasteiger partial charge on any atom is 0.490 e. The Balaban J connectivity index is 0.000000698. The van der Waals surface area contributed by atoms with E-state index >= 15 is 0 Å². The van der Waals surface area contributed by atoms with E-state index in [9.17, 15) is 40.3 Å². The molecule has 0 bridgehead atoms. The highest BCUT2D eigenvalue weighted by molar-refractivity contribution is 5.95. The minimum atomic E-state index is -5.08. The Labute approximate surface area is 275 Å². The van der Waals surface area contributed by atoms with Crippen LogP contribution in [0.3, 0.4) is 0 Å². The summed E-state index contributed by atoms with van der Waals surface area (Å²) in [5.41, 5.74) is 1.32. The molecule has 0 spiro atoms. The Bertz CT molecular complexity index is 1800. The Morgan fingerprint density at radius 1 is 0.878 bits per heavy atom. The van der Waals surface area contributed by atoms with Gasteiger partial charge in [0.15, 0.2) is 0 Å². The molecule has 0 aliphatic carbocycles. The van der Waals surface area contributed by atoms with Gasteiger partial charge in [-0.25, -0.2) is 14.0 Å². The van der Waals surface area contributed by atoms with E-state index in [0.717, 1.165) is 11.6 Å². The lowest BCUT2D eigenvalue weighted by atomic mass is 9.96. The molecule has 8 nitrogen and oxygen atoms in total. The number of hydrogen-bond acceptors (Lipinski definition) is 4. The van der Waals surface area contributed by atoms with Crippen LogP contribution in [0, 0.1) is 5.82 Å². The molecule has 0 saturated carbocycles. The van der Waals surface area contributed by atoms with Gasteiger partial charge >= 0.3 is 24.4 Å². The van der Waals surface area contributed by atoms with Crippen molar-refractivity contribution in [3.63, 3.8) is 0 Å². The fourth-order valence-corrected chi connectivity index (χ4v) is 4.83. The maximum atomic E-state index is 14.0. The van der Waals surface area contributed by atoms with Crippen molar-refractivity contribution < 1.29 is 50.2 Å². The van der Waals surface area contributed by atoms with Gasteiger partial charge in [0.1, 0.15) is 12.4 Å². The summed E-state index contributed by atoms with van der Waals surface area (Å²) in [6.07, 6.45) is -5.07. The number of halogens is 7. The molecule has 4 aromatic rings. The van der Waals surface area contributed by atoms with E-state index in [1.165, 1.54) is 58.3 Å². The van der Waals surface area contributed by atoms with Gasteiger partial charge in [0, 0.05) is 24.8 Å². The minimum absolute atomic E-state index is 0.0203. The number of carboxylic acid groups (broad SMARTS) is 1. The maximum absolute atomic E-state index is 14.0. The van der Waals surface area contributed by atoms with Gasteiger partial charge in [-0.05, 0) is 41.5 Å². The molecule has 1 aliphatic rings. The van der Waals surface area contributed by atoms with Crippen LogP contribution in [0.1, 0.15) is 22.7 Å². The third kappa shape index (κ3) is 9.65. The summed E-state index contributed by atoms with van der Waals surface area (Å²) < 4.78 is 87.2. The molecule has 49 heavy (non-hydrogen) atoms. The first-order chi connectivity index (χ1) is 23.1. The predicted octanol–water partition coefficient (Wildman–Crippen LogP) is 7.71. The van der Waals surface area contributed by atoms with E-state index in [2.05, 4.69) is 10.3 Å². The van der Waals surface area contributed by atoms with Gasteiger partial charge in [0.25, 0.3) is 0 Å². The molecular weight excluding hydrogens is 661 g/mol. The van der Waals surface area contributed by atoms with Crippen molar-refractivity contribution in [3.05, 3.63) is 132 Å². The monoisotopic (exact) mass is 688 g/mol. The van der Waals surface area contributed by atoms with Crippen LogP contribution in [-0.4, -0.2) is 57.1 Å². The number of anilines is 1. The standard InChI is InChI=1S/C32H26F4N4O2.C2HF3O2/c33-24-16-14-22(15-17-24)20-40-28(25-10-4-5-11-26(25)32(34,35)36)13-7-19-39(21-29(40)41)31(42)38-27-12-6-18-37-30(27)23-8-2-1-3-9-23;3-2(4,5)1(6)7/h1-18,28H,19-21H2,(H,38,42);(H,6,7)/b13-7-;/t28-;/m1./s1. The number of aromatic nitrogens is 1. The number of nitrogens with zero attached hydrogens (tertiary/aromatic N) is 3. The van der Waals surface area contributed by atoms with Gasteiger partial charge in [-0.3, -0.25) is 9.78 Å². The third-order valence-electron chi connectivity index (χ3n) is 7.10. The lowest BCUT2D eigenvalue weighted by Gasteiger charge is -2.35. The lowest BCUT2D eigenvalue weighted by Crippen LogP contribution is -2.46. The van der Waals surface area contributed by atoms with Gasteiger partial charge in [0.2, 0.25) is 5.91 Å². The molecule has 5 rings (SSSR count). The van der Waals surface area contributed by atoms with Crippen LogP contribution in [0.2, 0.25) is 0 Å². The lowest BCUT2D eigenvalue weighted by molar-refractivity contribution is -0.192.